The Balaban J connectivity index is 2.37. The minimum atomic E-state index is -3.77. The smallest absolute Gasteiger partial charge is 0.261 e. The van der Waals surface area contributed by atoms with E-state index in [1.807, 2.05) is 32.9 Å². The van der Waals surface area contributed by atoms with Crippen LogP contribution in [0.25, 0.3) is 0 Å². The van der Waals surface area contributed by atoms with Gasteiger partial charge in [0.25, 0.3) is 15.9 Å². The Morgan fingerprint density at radius 1 is 1.00 bits per heavy atom. The van der Waals surface area contributed by atoms with Gasteiger partial charge in [0.1, 0.15) is 0 Å². The first-order valence-electron chi connectivity index (χ1n) is 7.70. The van der Waals surface area contributed by atoms with E-state index in [4.69, 9.17) is 0 Å². The monoisotopic (exact) mass is 346 g/mol. The van der Waals surface area contributed by atoms with Crippen molar-refractivity contribution in [3.05, 3.63) is 59.2 Å². The van der Waals surface area contributed by atoms with Crippen molar-refractivity contribution in [1.29, 1.82) is 0 Å². The van der Waals surface area contributed by atoms with Gasteiger partial charge in [-0.25, -0.2) is 8.42 Å². The molecule has 2 rings (SSSR count). The van der Waals surface area contributed by atoms with Crippen molar-refractivity contribution in [3.63, 3.8) is 0 Å². The maximum absolute atomic E-state index is 12.6. The van der Waals surface area contributed by atoms with Crippen LogP contribution in [0.2, 0.25) is 0 Å². The molecular weight excluding hydrogens is 324 g/mol. The Hall–Kier alpha value is -2.34. The summed E-state index contributed by atoms with van der Waals surface area (Å²) < 4.78 is 27.8. The number of rotatable bonds is 5. The predicted molar refractivity (Wildman–Crippen MR) is 95.8 cm³/mol. The lowest BCUT2D eigenvalue weighted by Gasteiger charge is -2.14. The number of hydrogen-bond donors (Lipinski definition) is 2. The Kier molecular flexibility index (Phi) is 5.29. The molecule has 24 heavy (non-hydrogen) atoms. The third kappa shape index (κ3) is 4.14. The van der Waals surface area contributed by atoms with E-state index in [9.17, 15) is 13.2 Å². The molecule has 128 valence electrons. The summed E-state index contributed by atoms with van der Waals surface area (Å²) in [6.45, 7) is 7.32. The molecule has 0 aliphatic heterocycles. The van der Waals surface area contributed by atoms with Gasteiger partial charge in [0.15, 0.2) is 0 Å². The molecule has 0 aliphatic carbocycles. The van der Waals surface area contributed by atoms with Crippen molar-refractivity contribution in [2.75, 3.05) is 4.72 Å². The first kappa shape index (κ1) is 18.0. The highest BCUT2D eigenvalue weighted by Gasteiger charge is 2.19. The molecule has 5 nitrogen and oxygen atoms in total. The van der Waals surface area contributed by atoms with Crippen LogP contribution in [0.1, 0.15) is 35.3 Å². The van der Waals surface area contributed by atoms with Crippen LogP contribution < -0.4 is 10.0 Å². The molecule has 0 fully saturated rings. The molecule has 0 bridgehead atoms. The van der Waals surface area contributed by atoms with E-state index in [1.54, 1.807) is 25.1 Å². The summed E-state index contributed by atoms with van der Waals surface area (Å²) in [6, 6.07) is 11.7. The fourth-order valence-corrected chi connectivity index (χ4v) is 3.40. The number of sulfonamides is 1. The van der Waals surface area contributed by atoms with Crippen LogP contribution in [0, 0.1) is 13.8 Å². The normalized spacial score (nSPS) is 11.4. The average Bonchev–Trinajstić information content (AvgIpc) is 2.49. The van der Waals surface area contributed by atoms with Gasteiger partial charge in [0.05, 0.1) is 10.6 Å². The van der Waals surface area contributed by atoms with Crippen molar-refractivity contribution in [2.24, 2.45) is 0 Å². The zero-order chi connectivity index (χ0) is 17.9. The number of carbonyl (C=O) groups excluding carboxylic acids is 1. The highest BCUT2D eigenvalue weighted by atomic mass is 32.2. The molecule has 0 unspecified atom stereocenters. The van der Waals surface area contributed by atoms with Gasteiger partial charge in [-0.3, -0.25) is 9.52 Å². The molecule has 0 saturated carbocycles. The Labute approximate surface area is 143 Å². The van der Waals surface area contributed by atoms with Gasteiger partial charge in [-0.05, 0) is 57.0 Å². The summed E-state index contributed by atoms with van der Waals surface area (Å²) >= 11 is 0. The maximum Gasteiger partial charge on any atom is 0.261 e. The summed E-state index contributed by atoms with van der Waals surface area (Å²) in [5.74, 6) is -0.282. The summed E-state index contributed by atoms with van der Waals surface area (Å²) in [7, 11) is -3.77. The highest BCUT2D eigenvalue weighted by molar-refractivity contribution is 7.92. The van der Waals surface area contributed by atoms with Gasteiger partial charge in [-0.1, -0.05) is 24.3 Å². The third-order valence-electron chi connectivity index (χ3n) is 3.57. The molecule has 0 aromatic heterocycles. The van der Waals surface area contributed by atoms with Crippen molar-refractivity contribution in [3.8, 4) is 0 Å². The van der Waals surface area contributed by atoms with Gasteiger partial charge < -0.3 is 5.32 Å². The molecule has 0 atom stereocenters. The van der Waals surface area contributed by atoms with Gasteiger partial charge in [0, 0.05) is 11.6 Å². The summed E-state index contributed by atoms with van der Waals surface area (Å²) in [4.78, 5) is 12.3. The Morgan fingerprint density at radius 3 is 2.29 bits per heavy atom. The van der Waals surface area contributed by atoms with E-state index in [1.165, 1.54) is 12.1 Å². The minimum absolute atomic E-state index is 0.0257. The van der Waals surface area contributed by atoms with Crippen molar-refractivity contribution < 1.29 is 13.2 Å². The summed E-state index contributed by atoms with van der Waals surface area (Å²) in [5.41, 5.74) is 2.43. The van der Waals surface area contributed by atoms with E-state index >= 15 is 0 Å². The first-order chi connectivity index (χ1) is 11.2. The summed E-state index contributed by atoms with van der Waals surface area (Å²) in [6.07, 6.45) is 0. The summed E-state index contributed by atoms with van der Waals surface area (Å²) in [5, 5.41) is 2.78. The second-order valence-electron chi connectivity index (χ2n) is 6.03. The molecule has 0 aliphatic rings. The maximum atomic E-state index is 12.6. The molecule has 2 aromatic carbocycles. The van der Waals surface area contributed by atoms with Crippen LogP contribution >= 0.6 is 0 Å². The standard InChI is InChI=1S/C18H22N2O3S/c1-12(2)19-18(21)16-11-15(10-9-13(16)3)24(22,23)20-17-8-6-5-7-14(17)4/h5-12,20H,1-4H3,(H,19,21). The molecule has 2 aromatic rings. The van der Waals surface area contributed by atoms with Crippen LogP contribution in [0.15, 0.2) is 47.4 Å². The molecule has 6 heteroatoms. The number of benzene rings is 2. The third-order valence-corrected chi connectivity index (χ3v) is 4.94. The van der Waals surface area contributed by atoms with Gasteiger partial charge in [-0.2, -0.15) is 0 Å². The average molecular weight is 346 g/mol. The van der Waals surface area contributed by atoms with E-state index < -0.39 is 10.0 Å². The quantitative estimate of drug-likeness (QED) is 0.873. The predicted octanol–water partition coefficient (Wildman–Crippen LogP) is 3.24. The lowest BCUT2D eigenvalue weighted by molar-refractivity contribution is 0.0942. The van der Waals surface area contributed by atoms with Crippen molar-refractivity contribution in [2.45, 2.75) is 38.6 Å². The number of para-hydroxylation sites is 1. The number of aryl methyl sites for hydroxylation is 2. The molecule has 0 saturated heterocycles. The highest BCUT2D eigenvalue weighted by Crippen LogP contribution is 2.21. The molecule has 0 heterocycles. The molecule has 2 N–H and O–H groups in total. The van der Waals surface area contributed by atoms with Gasteiger partial charge in [0.2, 0.25) is 0 Å². The largest absolute Gasteiger partial charge is 0.350 e. The minimum Gasteiger partial charge on any atom is -0.350 e. The van der Waals surface area contributed by atoms with Crippen LogP contribution in [-0.2, 0) is 10.0 Å². The lowest BCUT2D eigenvalue weighted by atomic mass is 10.1. The van der Waals surface area contributed by atoms with E-state index in [0.29, 0.717) is 11.3 Å². The second kappa shape index (κ2) is 7.05. The number of nitrogens with one attached hydrogen (secondary N) is 2. The van der Waals surface area contributed by atoms with Crippen molar-refractivity contribution in [1.82, 2.24) is 5.32 Å². The van der Waals surface area contributed by atoms with E-state index in [0.717, 1.165) is 11.1 Å². The van der Waals surface area contributed by atoms with Gasteiger partial charge in [-0.15, -0.1) is 0 Å². The van der Waals surface area contributed by atoms with Crippen LogP contribution in [0.4, 0.5) is 5.69 Å². The number of carbonyl (C=O) groups is 1. The topological polar surface area (TPSA) is 75.3 Å². The second-order valence-corrected chi connectivity index (χ2v) is 7.71. The molecule has 1 amide bonds. The van der Waals surface area contributed by atoms with Crippen LogP contribution in [0.5, 0.6) is 0 Å². The van der Waals surface area contributed by atoms with E-state index in [2.05, 4.69) is 10.0 Å². The molecular formula is C18H22N2O3S. The Morgan fingerprint density at radius 2 is 1.67 bits per heavy atom. The first-order valence-corrected chi connectivity index (χ1v) is 9.19. The zero-order valence-electron chi connectivity index (χ0n) is 14.3. The zero-order valence-corrected chi connectivity index (χ0v) is 15.1. The fourth-order valence-electron chi connectivity index (χ4n) is 2.24. The van der Waals surface area contributed by atoms with Crippen LogP contribution in [0.3, 0.4) is 0 Å². The Bertz CT molecular complexity index is 858. The van der Waals surface area contributed by atoms with Gasteiger partial charge >= 0.3 is 0 Å². The fraction of sp³-hybridized carbons (Fsp3) is 0.278. The number of hydrogen-bond acceptors (Lipinski definition) is 3. The molecule has 0 radical (unpaired) electrons. The lowest BCUT2D eigenvalue weighted by Crippen LogP contribution is -2.30. The van der Waals surface area contributed by atoms with Crippen LogP contribution in [-0.4, -0.2) is 20.4 Å². The SMILES string of the molecule is Cc1ccccc1NS(=O)(=O)c1ccc(C)c(C(=O)NC(C)C)c1. The molecule has 0 spiro atoms. The number of anilines is 1. The number of amides is 1. The van der Waals surface area contributed by atoms with E-state index in [-0.39, 0.29) is 16.8 Å². The van der Waals surface area contributed by atoms with Crippen molar-refractivity contribution >= 4 is 21.6 Å².